The molecule has 0 spiro atoms. The molecule has 2 atom stereocenters. The number of nitrogens with zero attached hydrogens (tertiary/aromatic N) is 2. The topological polar surface area (TPSA) is 219 Å². The summed E-state index contributed by atoms with van der Waals surface area (Å²) in [5.74, 6) is -2.79. The number of pyridine rings is 1. The van der Waals surface area contributed by atoms with Crippen LogP contribution in [-0.2, 0) is 38.3 Å². The minimum atomic E-state index is -1.24. The zero-order valence-corrected chi connectivity index (χ0v) is 37.5. The van der Waals surface area contributed by atoms with Crippen LogP contribution in [0.4, 0.5) is 10.2 Å². The minimum absolute atomic E-state index is 0.0506. The average Bonchev–Trinajstić information content (AvgIpc) is 3.20. The Morgan fingerprint density at radius 2 is 1.52 bits per heavy atom. The third kappa shape index (κ3) is 22.5. The molecule has 3 aromatic rings. The van der Waals surface area contributed by atoms with Crippen LogP contribution in [0.2, 0.25) is 10.0 Å². The van der Waals surface area contributed by atoms with Crippen molar-refractivity contribution in [1.29, 1.82) is 0 Å². The standard InChI is InChI=1S/C44H58Cl2FN7O9/c1-43(2,16-20-50-40(57)29-63-52-27-30-11-13-34(47)14-12-30)62-22-17-44(3,4)61-21-15-38(55)51-28-36(53-39(56)10-6-8-19-49-37-9-5-7-18-48-37)42(60)54-35(26-41(58)59)31-23-32(45)25-33(46)24-31/h5,7,9,11-14,18,23-25,27,35-36H,6,8,10,15-17,19-22,26,28-29H2,1-4H3,(H,48,49)(H,50,57)(H,51,55)(H,53,56)(H,54,60)(H,58,59)/b52-27+. The van der Waals surface area contributed by atoms with Crippen LogP contribution in [-0.4, -0.2) is 103 Å². The van der Waals surface area contributed by atoms with Gasteiger partial charge in [0.05, 0.1) is 43.1 Å². The lowest BCUT2D eigenvalue weighted by Gasteiger charge is -2.30. The van der Waals surface area contributed by atoms with Crippen LogP contribution in [0.25, 0.3) is 0 Å². The first-order chi connectivity index (χ1) is 29.9. The Hall–Kier alpha value is -5.36. The molecule has 2 unspecified atom stereocenters. The Labute approximate surface area is 377 Å². The number of halogens is 3. The number of hydrogen-bond donors (Lipinski definition) is 6. The molecule has 0 aliphatic carbocycles. The van der Waals surface area contributed by atoms with E-state index < -0.39 is 53.4 Å². The first-order valence-corrected chi connectivity index (χ1v) is 21.3. The van der Waals surface area contributed by atoms with Crippen molar-refractivity contribution in [3.63, 3.8) is 0 Å². The van der Waals surface area contributed by atoms with Crippen LogP contribution in [0.15, 0.2) is 72.0 Å². The first kappa shape index (κ1) is 52.0. The lowest BCUT2D eigenvalue weighted by Crippen LogP contribution is -2.53. The number of ether oxygens (including phenoxy) is 2. The molecule has 0 radical (unpaired) electrons. The summed E-state index contributed by atoms with van der Waals surface area (Å²) < 4.78 is 25.1. The van der Waals surface area contributed by atoms with E-state index in [1.54, 1.807) is 6.20 Å². The zero-order chi connectivity index (χ0) is 46.3. The molecule has 1 aromatic heterocycles. The number of aromatic nitrogens is 1. The highest BCUT2D eigenvalue weighted by Crippen LogP contribution is 2.26. The molecule has 0 fully saturated rings. The molecule has 4 amide bonds. The Morgan fingerprint density at radius 1 is 0.825 bits per heavy atom. The SMILES string of the molecule is CC(C)(CCNC(=O)CO/N=C/c1ccc(F)cc1)OCCC(C)(C)OCCC(=O)NCC(NC(=O)CCCCNc1ccccn1)C(=O)NC(CC(=O)O)c1cc(Cl)cc(Cl)c1. The van der Waals surface area contributed by atoms with Crippen molar-refractivity contribution in [2.75, 3.05) is 44.8 Å². The summed E-state index contributed by atoms with van der Waals surface area (Å²) in [6.45, 7) is 8.28. The second-order valence-corrected chi connectivity index (χ2v) is 16.6. The zero-order valence-electron chi connectivity index (χ0n) is 36.0. The summed E-state index contributed by atoms with van der Waals surface area (Å²) in [5.41, 5.74) is -0.258. The molecule has 1 heterocycles. The number of carbonyl (C=O) groups excluding carboxylic acids is 4. The number of oxime groups is 1. The van der Waals surface area contributed by atoms with E-state index in [0.29, 0.717) is 62.3 Å². The Balaban J connectivity index is 1.44. The van der Waals surface area contributed by atoms with Gasteiger partial charge in [-0.15, -0.1) is 0 Å². The fourth-order valence-corrected chi connectivity index (χ4v) is 6.33. The van der Waals surface area contributed by atoms with Crippen LogP contribution in [0, 0.1) is 5.82 Å². The highest BCUT2D eigenvalue weighted by atomic mass is 35.5. The Morgan fingerprint density at radius 3 is 2.21 bits per heavy atom. The molecule has 16 nitrogen and oxygen atoms in total. The number of nitrogens with one attached hydrogen (secondary N) is 5. The maximum Gasteiger partial charge on any atom is 0.305 e. The van der Waals surface area contributed by atoms with Gasteiger partial charge in [0.2, 0.25) is 17.7 Å². The van der Waals surface area contributed by atoms with Gasteiger partial charge in [0.15, 0.2) is 6.61 Å². The number of carboxylic acids is 1. The molecule has 3 rings (SSSR count). The predicted octanol–water partition coefficient (Wildman–Crippen LogP) is 5.97. The van der Waals surface area contributed by atoms with Gasteiger partial charge in [-0.2, -0.15) is 0 Å². The highest BCUT2D eigenvalue weighted by molar-refractivity contribution is 6.34. The van der Waals surface area contributed by atoms with Crippen molar-refractivity contribution >= 4 is 64.8 Å². The summed E-state index contributed by atoms with van der Waals surface area (Å²) in [4.78, 5) is 72.8. The van der Waals surface area contributed by atoms with Crippen LogP contribution >= 0.6 is 23.2 Å². The highest BCUT2D eigenvalue weighted by Gasteiger charge is 2.27. The third-order valence-corrected chi connectivity index (χ3v) is 9.79. The summed E-state index contributed by atoms with van der Waals surface area (Å²) >= 11 is 12.3. The van der Waals surface area contributed by atoms with E-state index in [2.05, 4.69) is 36.7 Å². The molecule has 6 N–H and O–H groups in total. The van der Waals surface area contributed by atoms with E-state index in [0.717, 1.165) is 0 Å². The molecule has 63 heavy (non-hydrogen) atoms. The van der Waals surface area contributed by atoms with Gasteiger partial charge in [-0.1, -0.05) is 46.6 Å². The number of carbonyl (C=O) groups is 5. The predicted molar refractivity (Wildman–Crippen MR) is 238 cm³/mol. The third-order valence-electron chi connectivity index (χ3n) is 9.35. The number of anilines is 1. The van der Waals surface area contributed by atoms with Crippen LogP contribution in [0.3, 0.4) is 0 Å². The second-order valence-electron chi connectivity index (χ2n) is 15.8. The molecule has 2 aromatic carbocycles. The van der Waals surface area contributed by atoms with E-state index in [-0.39, 0.29) is 54.4 Å². The van der Waals surface area contributed by atoms with Crippen molar-refractivity contribution in [3.05, 3.63) is 93.8 Å². The van der Waals surface area contributed by atoms with Crippen LogP contribution in [0.1, 0.15) is 89.8 Å². The largest absolute Gasteiger partial charge is 0.481 e. The van der Waals surface area contributed by atoms with Gasteiger partial charge in [-0.25, -0.2) is 9.37 Å². The average molecular weight is 919 g/mol. The molecular formula is C44H58Cl2FN7O9. The molecule has 19 heteroatoms. The normalized spacial score (nSPS) is 12.6. The van der Waals surface area contributed by atoms with Crippen molar-refractivity contribution in [2.45, 2.75) is 95.9 Å². The van der Waals surface area contributed by atoms with Gasteiger partial charge in [-0.3, -0.25) is 24.0 Å². The van der Waals surface area contributed by atoms with E-state index in [4.69, 9.17) is 37.5 Å². The second kappa shape index (κ2) is 27.0. The van der Waals surface area contributed by atoms with Gasteiger partial charge >= 0.3 is 5.97 Å². The van der Waals surface area contributed by atoms with E-state index >= 15 is 0 Å². The number of hydrogen-bond acceptors (Lipinski definition) is 11. The smallest absolute Gasteiger partial charge is 0.305 e. The van der Waals surface area contributed by atoms with Gasteiger partial charge in [0, 0.05) is 48.7 Å². The summed E-state index contributed by atoms with van der Waals surface area (Å²) in [6.07, 6.45) is 4.74. The van der Waals surface area contributed by atoms with Gasteiger partial charge < -0.3 is 46.0 Å². The number of rotatable bonds is 29. The van der Waals surface area contributed by atoms with Crippen molar-refractivity contribution in [1.82, 2.24) is 26.3 Å². The van der Waals surface area contributed by atoms with Crippen molar-refractivity contribution < 1.29 is 47.8 Å². The minimum Gasteiger partial charge on any atom is -0.481 e. The summed E-state index contributed by atoms with van der Waals surface area (Å²) in [5, 5.41) is 27.8. The fraction of sp³-hybridized carbons (Fsp3) is 0.477. The number of unbranched alkanes of at least 4 members (excludes halogenated alkanes) is 1. The molecule has 0 aliphatic heterocycles. The number of amides is 4. The molecule has 344 valence electrons. The van der Waals surface area contributed by atoms with Gasteiger partial charge in [-0.05, 0) is 107 Å². The quantitative estimate of drug-likeness (QED) is 0.0271. The first-order valence-electron chi connectivity index (χ1n) is 20.5. The van der Waals surface area contributed by atoms with E-state index in [1.807, 2.05) is 45.9 Å². The van der Waals surface area contributed by atoms with Gasteiger partial charge in [0.1, 0.15) is 17.7 Å². The van der Waals surface area contributed by atoms with E-state index in [1.165, 1.54) is 48.7 Å². The lowest BCUT2D eigenvalue weighted by molar-refractivity contribution is -0.138. The lowest BCUT2D eigenvalue weighted by atomic mass is 10.0. The maximum absolute atomic E-state index is 13.6. The van der Waals surface area contributed by atoms with Crippen LogP contribution < -0.4 is 26.6 Å². The van der Waals surface area contributed by atoms with Crippen molar-refractivity contribution in [3.8, 4) is 0 Å². The Bertz CT molecular complexity index is 1940. The molecule has 0 saturated carbocycles. The Kier molecular flexibility index (Phi) is 22.3. The van der Waals surface area contributed by atoms with Gasteiger partial charge in [0.25, 0.3) is 5.91 Å². The monoisotopic (exact) mass is 917 g/mol. The number of benzene rings is 2. The molecular weight excluding hydrogens is 860 g/mol. The number of aliphatic carboxylic acids is 1. The summed E-state index contributed by atoms with van der Waals surface area (Å²) in [6, 6.07) is 13.3. The van der Waals surface area contributed by atoms with Crippen LogP contribution in [0.5, 0.6) is 0 Å². The maximum atomic E-state index is 13.6. The van der Waals surface area contributed by atoms with E-state index in [9.17, 15) is 33.5 Å². The molecule has 0 aliphatic rings. The number of carboxylic acid groups (broad SMARTS) is 1. The molecule has 0 bridgehead atoms. The molecule has 0 saturated heterocycles. The van der Waals surface area contributed by atoms with Crippen molar-refractivity contribution in [2.24, 2.45) is 5.16 Å². The summed E-state index contributed by atoms with van der Waals surface area (Å²) in [7, 11) is 0. The fourth-order valence-electron chi connectivity index (χ4n) is 5.78.